The molecule has 1 N–H and O–H groups in total. The highest BCUT2D eigenvalue weighted by Crippen LogP contribution is 2.13. The Labute approximate surface area is 82.5 Å². The second-order valence-corrected chi connectivity index (χ2v) is 2.79. The molecule has 68 valence electrons. The summed E-state index contributed by atoms with van der Waals surface area (Å²) in [6.07, 6.45) is 9.91. The molecule has 0 saturated carbocycles. The summed E-state index contributed by atoms with van der Waals surface area (Å²) in [5.74, 6) is 3.17. The molecule has 1 aromatic heterocycles. The van der Waals surface area contributed by atoms with E-state index in [9.17, 15) is 0 Å². The number of terminal acetylenes is 1. The first kappa shape index (κ1) is 9.82. The van der Waals surface area contributed by atoms with Crippen molar-refractivity contribution in [2.75, 3.05) is 11.9 Å². The molecule has 0 aliphatic heterocycles. The highest BCUT2D eigenvalue weighted by molar-refractivity contribution is 6.31. The highest BCUT2D eigenvalue weighted by atomic mass is 35.5. The largest absolute Gasteiger partial charge is 0.367 e. The molecule has 1 heterocycles. The predicted octanol–water partition coefficient (Wildman–Crippen LogP) is 1.96. The zero-order chi connectivity index (χ0) is 9.52. The van der Waals surface area contributed by atoms with Crippen molar-refractivity contribution in [3.8, 4) is 12.3 Å². The average molecular weight is 196 g/mol. The monoisotopic (exact) mass is 195 g/mol. The average Bonchev–Trinajstić information content (AvgIpc) is 2.15. The van der Waals surface area contributed by atoms with Crippen LogP contribution in [0.25, 0.3) is 0 Å². The second kappa shape index (κ2) is 5.39. The number of halogens is 1. The smallest absolute Gasteiger partial charge is 0.171 e. The molecule has 4 heteroatoms. The first-order valence-electron chi connectivity index (χ1n) is 3.98. The fraction of sp³-hybridized carbons (Fsp3) is 0.333. The molecular formula is C9H10ClN3. The minimum Gasteiger partial charge on any atom is -0.367 e. The van der Waals surface area contributed by atoms with Crippen molar-refractivity contribution in [1.82, 2.24) is 9.97 Å². The molecule has 0 fully saturated rings. The van der Waals surface area contributed by atoms with Crippen LogP contribution >= 0.6 is 11.6 Å². The lowest BCUT2D eigenvalue weighted by atomic mass is 10.3. The summed E-state index contributed by atoms with van der Waals surface area (Å²) in [4.78, 5) is 7.90. The van der Waals surface area contributed by atoms with Gasteiger partial charge in [0, 0.05) is 25.4 Å². The molecule has 1 aromatic rings. The van der Waals surface area contributed by atoms with Gasteiger partial charge in [-0.05, 0) is 6.42 Å². The van der Waals surface area contributed by atoms with Gasteiger partial charge >= 0.3 is 0 Å². The van der Waals surface area contributed by atoms with Gasteiger partial charge in [0.2, 0.25) is 0 Å². The van der Waals surface area contributed by atoms with Crippen LogP contribution in [0.4, 0.5) is 5.82 Å². The highest BCUT2D eigenvalue weighted by Gasteiger charge is 1.98. The Morgan fingerprint density at radius 3 is 2.92 bits per heavy atom. The maximum absolute atomic E-state index is 5.76. The van der Waals surface area contributed by atoms with Crippen molar-refractivity contribution < 1.29 is 0 Å². The zero-order valence-electron chi connectivity index (χ0n) is 7.13. The molecule has 0 aromatic carbocycles. The van der Waals surface area contributed by atoms with Crippen LogP contribution in [0, 0.1) is 12.3 Å². The third-order valence-corrected chi connectivity index (χ3v) is 1.72. The van der Waals surface area contributed by atoms with Crippen LogP contribution < -0.4 is 5.32 Å². The molecule has 0 aliphatic rings. The molecular weight excluding hydrogens is 186 g/mol. The minimum absolute atomic E-state index is 0.392. The van der Waals surface area contributed by atoms with Crippen molar-refractivity contribution >= 4 is 17.4 Å². The standard InChI is InChI=1S/C9H10ClN3/c1-2-3-4-5-12-9-8(10)11-6-7-13-9/h1,6-7H,3-5H2,(H,12,13). The van der Waals surface area contributed by atoms with Crippen molar-refractivity contribution in [1.29, 1.82) is 0 Å². The maximum atomic E-state index is 5.76. The molecule has 0 bridgehead atoms. The minimum atomic E-state index is 0.392. The zero-order valence-corrected chi connectivity index (χ0v) is 7.88. The van der Waals surface area contributed by atoms with Crippen LogP contribution in [0.3, 0.4) is 0 Å². The van der Waals surface area contributed by atoms with Gasteiger partial charge in [0.1, 0.15) is 0 Å². The number of anilines is 1. The fourth-order valence-electron chi connectivity index (χ4n) is 0.837. The molecule has 0 saturated heterocycles. The lowest BCUT2D eigenvalue weighted by Gasteiger charge is -2.03. The van der Waals surface area contributed by atoms with Crippen LogP contribution in [0.15, 0.2) is 12.4 Å². The third-order valence-electron chi connectivity index (χ3n) is 1.44. The second-order valence-electron chi connectivity index (χ2n) is 2.43. The van der Waals surface area contributed by atoms with E-state index in [0.717, 1.165) is 19.4 Å². The Morgan fingerprint density at radius 2 is 2.23 bits per heavy atom. The van der Waals surface area contributed by atoms with E-state index in [1.807, 2.05) is 0 Å². The van der Waals surface area contributed by atoms with E-state index in [2.05, 4.69) is 21.2 Å². The van der Waals surface area contributed by atoms with Crippen LogP contribution in [0.5, 0.6) is 0 Å². The Balaban J connectivity index is 2.37. The molecule has 13 heavy (non-hydrogen) atoms. The Kier molecular flexibility index (Phi) is 4.07. The van der Waals surface area contributed by atoms with Gasteiger partial charge in [-0.25, -0.2) is 9.97 Å². The number of aromatic nitrogens is 2. The Hall–Kier alpha value is -1.27. The Bertz CT molecular complexity index is 306. The summed E-state index contributed by atoms with van der Waals surface area (Å²) in [5, 5.41) is 3.44. The molecule has 0 unspecified atom stereocenters. The van der Waals surface area contributed by atoms with E-state index in [1.54, 1.807) is 12.4 Å². The number of rotatable bonds is 4. The normalized spacial score (nSPS) is 9.23. The van der Waals surface area contributed by atoms with E-state index in [-0.39, 0.29) is 0 Å². The van der Waals surface area contributed by atoms with E-state index in [0.29, 0.717) is 11.0 Å². The molecule has 3 nitrogen and oxygen atoms in total. The van der Waals surface area contributed by atoms with Gasteiger partial charge in [-0.3, -0.25) is 0 Å². The van der Waals surface area contributed by atoms with E-state index < -0.39 is 0 Å². The lowest BCUT2D eigenvalue weighted by Crippen LogP contribution is -2.03. The topological polar surface area (TPSA) is 37.8 Å². The third kappa shape index (κ3) is 3.30. The summed E-state index contributed by atoms with van der Waals surface area (Å²) >= 11 is 5.76. The molecule has 0 amide bonds. The quantitative estimate of drug-likeness (QED) is 0.590. The molecule has 1 rings (SSSR count). The SMILES string of the molecule is C#CCCCNc1nccnc1Cl. The fourth-order valence-corrected chi connectivity index (χ4v) is 1.01. The Morgan fingerprint density at radius 1 is 1.46 bits per heavy atom. The summed E-state index contributed by atoms with van der Waals surface area (Å²) in [5.41, 5.74) is 0. The van der Waals surface area contributed by atoms with Gasteiger partial charge in [0.05, 0.1) is 0 Å². The van der Waals surface area contributed by atoms with Gasteiger partial charge in [0.15, 0.2) is 11.0 Å². The number of hydrogen-bond donors (Lipinski definition) is 1. The predicted molar refractivity (Wildman–Crippen MR) is 53.6 cm³/mol. The van der Waals surface area contributed by atoms with Gasteiger partial charge < -0.3 is 5.32 Å². The number of unbranched alkanes of at least 4 members (excludes halogenated alkanes) is 1. The van der Waals surface area contributed by atoms with E-state index in [1.165, 1.54) is 0 Å². The summed E-state index contributed by atoms with van der Waals surface area (Å²) in [6.45, 7) is 0.766. The molecule has 0 atom stereocenters. The molecule has 0 aliphatic carbocycles. The summed E-state index contributed by atoms with van der Waals surface area (Å²) in [7, 11) is 0. The number of hydrogen-bond acceptors (Lipinski definition) is 3. The number of nitrogens with zero attached hydrogens (tertiary/aromatic N) is 2. The van der Waals surface area contributed by atoms with Gasteiger partial charge in [0.25, 0.3) is 0 Å². The van der Waals surface area contributed by atoms with Crippen LogP contribution in [-0.2, 0) is 0 Å². The summed E-state index contributed by atoms with van der Waals surface area (Å²) in [6, 6.07) is 0. The van der Waals surface area contributed by atoms with E-state index >= 15 is 0 Å². The molecule has 0 radical (unpaired) electrons. The van der Waals surface area contributed by atoms with Gasteiger partial charge in [-0.1, -0.05) is 11.6 Å². The van der Waals surface area contributed by atoms with E-state index in [4.69, 9.17) is 18.0 Å². The van der Waals surface area contributed by atoms with Crippen LogP contribution in [0.1, 0.15) is 12.8 Å². The van der Waals surface area contributed by atoms with Crippen molar-refractivity contribution in [3.05, 3.63) is 17.5 Å². The van der Waals surface area contributed by atoms with Crippen LogP contribution in [0.2, 0.25) is 5.15 Å². The van der Waals surface area contributed by atoms with Crippen molar-refractivity contribution in [2.45, 2.75) is 12.8 Å². The molecule has 0 spiro atoms. The maximum Gasteiger partial charge on any atom is 0.171 e. The van der Waals surface area contributed by atoms with Crippen molar-refractivity contribution in [2.24, 2.45) is 0 Å². The van der Waals surface area contributed by atoms with Crippen LogP contribution in [-0.4, -0.2) is 16.5 Å². The van der Waals surface area contributed by atoms with Gasteiger partial charge in [-0.15, -0.1) is 12.3 Å². The lowest BCUT2D eigenvalue weighted by molar-refractivity contribution is 0.899. The number of nitrogens with one attached hydrogen (secondary N) is 1. The summed E-state index contributed by atoms with van der Waals surface area (Å²) < 4.78 is 0. The first-order valence-corrected chi connectivity index (χ1v) is 4.36. The van der Waals surface area contributed by atoms with Gasteiger partial charge in [-0.2, -0.15) is 0 Å². The first-order chi connectivity index (χ1) is 6.34. The van der Waals surface area contributed by atoms with Crippen molar-refractivity contribution in [3.63, 3.8) is 0 Å².